The van der Waals surface area contributed by atoms with Crippen molar-refractivity contribution in [3.63, 3.8) is 0 Å². The number of aliphatic hydroxyl groups is 1. The summed E-state index contributed by atoms with van der Waals surface area (Å²) in [6.07, 6.45) is -5.01. The van der Waals surface area contributed by atoms with E-state index in [1.165, 1.54) is 33.9 Å². The van der Waals surface area contributed by atoms with Crippen LogP contribution in [0.25, 0.3) is 5.65 Å². The maximum Gasteiger partial charge on any atom is 0.389 e. The van der Waals surface area contributed by atoms with Crippen LogP contribution in [0, 0.1) is 5.92 Å². The van der Waals surface area contributed by atoms with Gasteiger partial charge in [0.2, 0.25) is 11.8 Å². The molecule has 41 heavy (non-hydrogen) atoms. The Kier molecular flexibility index (Phi) is 9.14. The fourth-order valence-corrected chi connectivity index (χ4v) is 4.63. The molecular formula is C24H28F6N8O3. The number of aromatic nitrogens is 6. The number of carbonyl (C=O) groups is 2. The number of nitrogens with zero attached hydrogens (tertiary/aromatic N) is 6. The number of hydrogen-bond acceptors (Lipinski definition) is 7. The van der Waals surface area contributed by atoms with Crippen molar-refractivity contribution in [3.8, 4) is 0 Å². The second kappa shape index (κ2) is 12.4. The molecule has 224 valence electrons. The van der Waals surface area contributed by atoms with E-state index in [1.54, 1.807) is 0 Å². The molecule has 0 aromatic carbocycles. The summed E-state index contributed by atoms with van der Waals surface area (Å²) in [6.45, 7) is -0.516. The molecule has 17 heteroatoms. The van der Waals surface area contributed by atoms with E-state index in [2.05, 4.69) is 31.0 Å². The van der Waals surface area contributed by atoms with E-state index < -0.39 is 61.6 Å². The maximum atomic E-state index is 13.9. The number of fused-ring (bicyclic) bond motifs is 1. The van der Waals surface area contributed by atoms with Crippen molar-refractivity contribution in [1.29, 1.82) is 0 Å². The smallest absolute Gasteiger partial charge is 0.369 e. The third-order valence-corrected chi connectivity index (χ3v) is 6.80. The second-order valence-corrected chi connectivity index (χ2v) is 9.87. The Balaban J connectivity index is 1.55. The van der Waals surface area contributed by atoms with Crippen molar-refractivity contribution in [2.75, 3.05) is 6.67 Å². The summed E-state index contributed by atoms with van der Waals surface area (Å²) in [5.41, 5.74) is 0.537. The third kappa shape index (κ3) is 7.92. The van der Waals surface area contributed by atoms with Crippen LogP contribution in [-0.2, 0) is 11.3 Å². The van der Waals surface area contributed by atoms with Crippen LogP contribution in [0.3, 0.4) is 0 Å². The van der Waals surface area contributed by atoms with Gasteiger partial charge in [0.15, 0.2) is 11.9 Å². The largest absolute Gasteiger partial charge is 0.389 e. The monoisotopic (exact) mass is 590 g/mol. The Labute approximate surface area is 229 Å². The molecule has 1 aliphatic carbocycles. The number of alkyl halides is 6. The quantitative estimate of drug-likeness (QED) is 0.230. The first kappa shape index (κ1) is 30.2. The Morgan fingerprint density at radius 2 is 1.90 bits per heavy atom. The molecule has 2 amide bonds. The molecule has 4 rings (SSSR count). The summed E-state index contributed by atoms with van der Waals surface area (Å²) in [6, 6.07) is 0.509. The van der Waals surface area contributed by atoms with Crippen LogP contribution in [0.4, 0.5) is 26.3 Å². The van der Waals surface area contributed by atoms with Crippen LogP contribution in [-0.4, -0.2) is 65.3 Å². The normalized spacial score (nSPS) is 17.3. The lowest BCUT2D eigenvalue weighted by molar-refractivity contribution is -0.145. The number of hydrogen-bond donors (Lipinski definition) is 3. The van der Waals surface area contributed by atoms with Gasteiger partial charge in [0, 0.05) is 31.4 Å². The predicted molar refractivity (Wildman–Crippen MR) is 129 cm³/mol. The van der Waals surface area contributed by atoms with Gasteiger partial charge in [-0.3, -0.25) is 14.0 Å². The molecule has 2 atom stereocenters. The molecule has 0 saturated heterocycles. The first-order valence-corrected chi connectivity index (χ1v) is 12.9. The summed E-state index contributed by atoms with van der Waals surface area (Å²) < 4.78 is 80.1. The van der Waals surface area contributed by atoms with Crippen molar-refractivity contribution in [3.05, 3.63) is 41.6 Å². The summed E-state index contributed by atoms with van der Waals surface area (Å²) in [5.74, 6) is -4.87. The van der Waals surface area contributed by atoms with Crippen LogP contribution in [0.2, 0.25) is 0 Å². The number of rotatable bonds is 11. The average molecular weight is 591 g/mol. The topological polar surface area (TPSA) is 139 Å². The number of aliphatic hydroxyl groups excluding tert-OH is 1. The van der Waals surface area contributed by atoms with E-state index in [1.807, 2.05) is 0 Å². The Hall–Kier alpha value is -3.76. The second-order valence-electron chi connectivity index (χ2n) is 9.87. The highest BCUT2D eigenvalue weighted by atomic mass is 19.4. The number of aryl methyl sites for hydroxylation is 1. The van der Waals surface area contributed by atoms with Gasteiger partial charge >= 0.3 is 6.18 Å². The molecule has 0 radical (unpaired) electrons. The van der Waals surface area contributed by atoms with Crippen molar-refractivity contribution in [2.45, 2.75) is 75.9 Å². The van der Waals surface area contributed by atoms with E-state index in [-0.39, 0.29) is 61.2 Å². The van der Waals surface area contributed by atoms with Gasteiger partial charge in [-0.15, -0.1) is 5.10 Å². The van der Waals surface area contributed by atoms with Gasteiger partial charge in [-0.1, -0.05) is 5.21 Å². The molecule has 0 aliphatic heterocycles. The fraction of sp³-hybridized carbons (Fsp3) is 0.583. The highest BCUT2D eigenvalue weighted by Crippen LogP contribution is 2.41. The zero-order chi connectivity index (χ0) is 29.8. The van der Waals surface area contributed by atoms with Crippen LogP contribution in [0.1, 0.15) is 79.0 Å². The third-order valence-electron chi connectivity index (χ3n) is 6.80. The van der Waals surface area contributed by atoms with E-state index in [4.69, 9.17) is 0 Å². The van der Waals surface area contributed by atoms with Crippen LogP contribution in [0.15, 0.2) is 24.7 Å². The van der Waals surface area contributed by atoms with E-state index in [9.17, 15) is 41.0 Å². The molecule has 0 spiro atoms. The molecule has 11 nitrogen and oxygen atoms in total. The Morgan fingerprint density at radius 1 is 1.17 bits per heavy atom. The summed E-state index contributed by atoms with van der Waals surface area (Å²) in [7, 11) is 0. The highest BCUT2D eigenvalue weighted by Gasteiger charge is 2.39. The van der Waals surface area contributed by atoms with Crippen LogP contribution < -0.4 is 10.6 Å². The van der Waals surface area contributed by atoms with Crippen LogP contribution in [0.5, 0.6) is 0 Å². The van der Waals surface area contributed by atoms with Gasteiger partial charge in [-0.25, -0.2) is 23.0 Å². The fourth-order valence-electron chi connectivity index (χ4n) is 4.63. The maximum absolute atomic E-state index is 13.9. The minimum atomic E-state index is -4.53. The lowest BCUT2D eigenvalue weighted by Gasteiger charge is -2.33. The molecule has 3 N–H and O–H groups in total. The van der Waals surface area contributed by atoms with Gasteiger partial charge in [0.05, 0.1) is 43.4 Å². The molecule has 0 bridgehead atoms. The van der Waals surface area contributed by atoms with Crippen molar-refractivity contribution in [1.82, 2.24) is 40.2 Å². The van der Waals surface area contributed by atoms with Gasteiger partial charge in [-0.2, -0.15) is 18.3 Å². The summed E-state index contributed by atoms with van der Waals surface area (Å²) in [4.78, 5) is 29.4. The van der Waals surface area contributed by atoms with E-state index >= 15 is 0 Å². The van der Waals surface area contributed by atoms with Crippen molar-refractivity contribution in [2.24, 2.45) is 5.92 Å². The number of carbonyl (C=O) groups excluding carboxylic acids is 2. The Bertz CT molecular complexity index is 1350. The van der Waals surface area contributed by atoms with Gasteiger partial charge < -0.3 is 15.7 Å². The molecule has 1 saturated carbocycles. The summed E-state index contributed by atoms with van der Waals surface area (Å²) in [5, 5.41) is 26.8. The lowest BCUT2D eigenvalue weighted by atomic mass is 9.81. The number of imidazole rings is 1. The molecule has 3 aromatic heterocycles. The molecule has 1 fully saturated rings. The van der Waals surface area contributed by atoms with Crippen molar-refractivity contribution >= 4 is 17.5 Å². The zero-order valence-electron chi connectivity index (χ0n) is 21.6. The first-order valence-electron chi connectivity index (χ1n) is 12.9. The van der Waals surface area contributed by atoms with Gasteiger partial charge in [-0.05, 0) is 31.2 Å². The first-order chi connectivity index (χ1) is 19.3. The average Bonchev–Trinajstić information content (AvgIpc) is 3.55. The zero-order valence-corrected chi connectivity index (χ0v) is 21.6. The van der Waals surface area contributed by atoms with Crippen LogP contribution >= 0.6 is 0 Å². The molecule has 0 unspecified atom stereocenters. The number of amides is 2. The molecular weight excluding hydrogens is 562 g/mol. The number of halogens is 6. The molecule has 1 aliphatic rings. The highest BCUT2D eigenvalue weighted by molar-refractivity contribution is 5.92. The predicted octanol–water partition coefficient (Wildman–Crippen LogP) is 3.43. The standard InChI is InChI=1S/C24H28F6N8O3/c25-8-1-9-37-17(12-31-36-37)22(41)35-20(14-2-5-23(26,27)6-3-14)16-13-38-18(33-16)10-15(11-32-38)21(40)34-19(39)4-7-24(28,29)30/h10-14,20-21,40H,1-9H2,(H,34,39)(H,35,41)/t20-,21+/m0/s1. The lowest BCUT2D eigenvalue weighted by Crippen LogP contribution is -2.38. The van der Waals surface area contributed by atoms with Gasteiger partial charge in [0.25, 0.3) is 5.91 Å². The summed E-state index contributed by atoms with van der Waals surface area (Å²) >= 11 is 0. The van der Waals surface area contributed by atoms with Gasteiger partial charge in [0.1, 0.15) is 5.69 Å². The molecule has 3 aromatic rings. The van der Waals surface area contributed by atoms with E-state index in [0.29, 0.717) is 0 Å². The minimum Gasteiger partial charge on any atom is -0.369 e. The minimum absolute atomic E-state index is 0.0377. The molecule has 3 heterocycles. The Morgan fingerprint density at radius 3 is 2.59 bits per heavy atom. The van der Waals surface area contributed by atoms with E-state index in [0.717, 1.165) is 0 Å². The SMILES string of the molecule is O=C(CCC(F)(F)F)N[C@H](O)c1cnn2cc([C@@H](NC(=O)c3cnnn3CCCF)C3CCC(F)(F)CC3)nc2c1. The number of nitrogens with one attached hydrogen (secondary N) is 2. The van der Waals surface area contributed by atoms with Crippen molar-refractivity contribution < 1.29 is 41.0 Å².